The summed E-state index contributed by atoms with van der Waals surface area (Å²) in [7, 11) is 0. The van der Waals surface area contributed by atoms with Crippen LogP contribution < -0.4 is 0 Å². The Morgan fingerprint density at radius 2 is 0.800 bits per heavy atom. The summed E-state index contributed by atoms with van der Waals surface area (Å²) >= 11 is 0. The number of nitriles is 2. The van der Waals surface area contributed by atoms with Crippen LogP contribution in [-0.4, -0.2) is 0 Å². The third-order valence-electron chi connectivity index (χ3n) is 4.07. The molecular formula is C18H28N2. The molecule has 0 rings (SSSR count). The zero-order valence-corrected chi connectivity index (χ0v) is 14.2. The lowest BCUT2D eigenvalue weighted by molar-refractivity contribution is 0.229. The van der Waals surface area contributed by atoms with E-state index in [0.29, 0.717) is 0 Å². The molecule has 0 bridgehead atoms. The third-order valence-corrected chi connectivity index (χ3v) is 4.07. The second-order valence-electron chi connectivity index (χ2n) is 7.78. The van der Waals surface area contributed by atoms with E-state index in [4.69, 9.17) is 10.5 Å². The van der Waals surface area contributed by atoms with E-state index in [1.807, 2.05) is 39.8 Å². The molecule has 0 aromatic rings. The zero-order valence-electron chi connectivity index (χ0n) is 14.2. The Hall–Kier alpha value is -1.54. The predicted molar refractivity (Wildman–Crippen MR) is 84.6 cm³/mol. The van der Waals surface area contributed by atoms with Crippen LogP contribution in [0.2, 0.25) is 0 Å². The van der Waals surface area contributed by atoms with Gasteiger partial charge in [-0.2, -0.15) is 10.5 Å². The lowest BCUT2D eigenvalue weighted by Crippen LogP contribution is -2.29. The van der Waals surface area contributed by atoms with E-state index in [0.717, 1.165) is 0 Å². The van der Waals surface area contributed by atoms with Crippen molar-refractivity contribution in [1.29, 1.82) is 10.5 Å². The van der Waals surface area contributed by atoms with Gasteiger partial charge in [0.1, 0.15) is 0 Å². The highest BCUT2D eigenvalue weighted by Crippen LogP contribution is 2.42. The molecule has 0 N–H and O–H groups in total. The minimum atomic E-state index is -0.455. The topological polar surface area (TPSA) is 47.6 Å². The van der Waals surface area contributed by atoms with Crippen LogP contribution in [0, 0.1) is 44.3 Å². The Bertz CT molecular complexity index is 429. The molecule has 0 fully saturated rings. The maximum atomic E-state index is 9.08. The normalized spacial score (nSPS) is 14.5. The zero-order chi connectivity index (χ0) is 16.2. The predicted octanol–water partition coefficient (Wildman–Crippen LogP) is 5.25. The van der Waals surface area contributed by atoms with Gasteiger partial charge >= 0.3 is 0 Å². The van der Waals surface area contributed by atoms with E-state index in [-0.39, 0.29) is 10.8 Å². The number of rotatable bonds is 5. The fraction of sp³-hybridized carbons (Fsp3) is 0.667. The van der Waals surface area contributed by atoms with Crippen LogP contribution in [0.15, 0.2) is 24.3 Å². The first-order valence-electron chi connectivity index (χ1n) is 7.02. The van der Waals surface area contributed by atoms with Crippen LogP contribution >= 0.6 is 0 Å². The van der Waals surface area contributed by atoms with Gasteiger partial charge in [-0.3, -0.25) is 0 Å². The third kappa shape index (κ3) is 5.22. The summed E-state index contributed by atoms with van der Waals surface area (Å²) in [5, 5.41) is 18.2. The summed E-state index contributed by atoms with van der Waals surface area (Å²) in [6.07, 6.45) is 8.16. The second-order valence-corrected chi connectivity index (χ2v) is 7.78. The van der Waals surface area contributed by atoms with Crippen molar-refractivity contribution in [3.8, 4) is 12.1 Å². The Labute approximate surface area is 124 Å². The first kappa shape index (κ1) is 18.5. The summed E-state index contributed by atoms with van der Waals surface area (Å²) in [6, 6.07) is 4.57. The van der Waals surface area contributed by atoms with Crippen LogP contribution in [0.25, 0.3) is 0 Å². The lowest BCUT2D eigenvalue weighted by atomic mass is 9.66. The standard InChI is InChI=1S/C18H28N2/c1-15(2,13-19)9-11-17(5,6)18(7,8)12-10-16(3,4)14-20/h9-12H,1-8H3/b11-9+,12-10+. The van der Waals surface area contributed by atoms with Crippen molar-refractivity contribution in [2.75, 3.05) is 0 Å². The Morgan fingerprint density at radius 3 is 1.00 bits per heavy atom. The lowest BCUT2D eigenvalue weighted by Gasteiger charge is -2.38. The van der Waals surface area contributed by atoms with Crippen LogP contribution in [0.3, 0.4) is 0 Å². The average Bonchev–Trinajstić information content (AvgIpc) is 2.34. The summed E-state index contributed by atoms with van der Waals surface area (Å²) in [4.78, 5) is 0. The van der Waals surface area contributed by atoms with Gasteiger partial charge in [0, 0.05) is 0 Å². The molecule has 0 aliphatic carbocycles. The minimum Gasteiger partial charge on any atom is -0.197 e. The van der Waals surface area contributed by atoms with E-state index >= 15 is 0 Å². The molecule has 0 saturated carbocycles. The van der Waals surface area contributed by atoms with E-state index in [9.17, 15) is 0 Å². The van der Waals surface area contributed by atoms with Gasteiger partial charge in [-0.1, -0.05) is 52.0 Å². The van der Waals surface area contributed by atoms with Crippen LogP contribution in [-0.2, 0) is 0 Å². The molecule has 0 aliphatic heterocycles. The Balaban J connectivity index is 5.30. The van der Waals surface area contributed by atoms with Crippen molar-refractivity contribution >= 4 is 0 Å². The Kier molecular flexibility index (Phi) is 5.39. The first-order valence-corrected chi connectivity index (χ1v) is 7.02. The highest BCUT2D eigenvalue weighted by Gasteiger charge is 2.33. The SMILES string of the molecule is CC(C)(C#N)/C=C/C(C)(C)C(C)(C)/C=C/C(C)(C)C#N. The average molecular weight is 272 g/mol. The first-order chi connectivity index (χ1) is 8.79. The van der Waals surface area contributed by atoms with E-state index in [2.05, 4.69) is 52.0 Å². The van der Waals surface area contributed by atoms with E-state index < -0.39 is 10.8 Å². The van der Waals surface area contributed by atoms with Gasteiger partial charge < -0.3 is 0 Å². The molecule has 0 spiro atoms. The van der Waals surface area contributed by atoms with E-state index in [1.165, 1.54) is 0 Å². The quantitative estimate of drug-likeness (QED) is 0.642. The van der Waals surface area contributed by atoms with Gasteiger partial charge in [-0.05, 0) is 38.5 Å². The largest absolute Gasteiger partial charge is 0.197 e. The highest BCUT2D eigenvalue weighted by molar-refractivity contribution is 5.18. The fourth-order valence-electron chi connectivity index (χ4n) is 1.34. The number of hydrogen-bond donors (Lipinski definition) is 0. The molecule has 2 heteroatoms. The molecule has 0 amide bonds. The maximum Gasteiger partial charge on any atom is 0.0725 e. The number of allylic oxidation sites excluding steroid dienone is 4. The summed E-state index contributed by atoms with van der Waals surface area (Å²) in [5.41, 5.74) is -1.13. The van der Waals surface area contributed by atoms with Gasteiger partial charge in [0.15, 0.2) is 0 Å². The van der Waals surface area contributed by atoms with Gasteiger partial charge in [0.2, 0.25) is 0 Å². The smallest absolute Gasteiger partial charge is 0.0725 e. The van der Waals surface area contributed by atoms with E-state index in [1.54, 1.807) is 0 Å². The van der Waals surface area contributed by atoms with Crippen molar-refractivity contribution in [1.82, 2.24) is 0 Å². The number of hydrogen-bond acceptors (Lipinski definition) is 2. The second kappa shape index (κ2) is 5.84. The molecule has 0 aromatic heterocycles. The van der Waals surface area contributed by atoms with Gasteiger partial charge in [-0.25, -0.2) is 0 Å². The van der Waals surface area contributed by atoms with Crippen molar-refractivity contribution in [3.05, 3.63) is 24.3 Å². The van der Waals surface area contributed by atoms with Crippen molar-refractivity contribution in [3.63, 3.8) is 0 Å². The van der Waals surface area contributed by atoms with Crippen molar-refractivity contribution < 1.29 is 0 Å². The summed E-state index contributed by atoms with van der Waals surface area (Å²) in [5.74, 6) is 0. The molecule has 0 atom stereocenters. The van der Waals surface area contributed by atoms with Gasteiger partial charge in [-0.15, -0.1) is 0 Å². The monoisotopic (exact) mass is 272 g/mol. The molecule has 0 aliphatic rings. The molecular weight excluding hydrogens is 244 g/mol. The van der Waals surface area contributed by atoms with Crippen LogP contribution in [0.1, 0.15) is 55.4 Å². The minimum absolute atomic E-state index is 0.108. The maximum absolute atomic E-state index is 9.08. The van der Waals surface area contributed by atoms with Crippen molar-refractivity contribution in [2.24, 2.45) is 21.7 Å². The number of nitrogens with zero attached hydrogens (tertiary/aromatic N) is 2. The molecule has 0 aromatic carbocycles. The molecule has 20 heavy (non-hydrogen) atoms. The van der Waals surface area contributed by atoms with Gasteiger partial charge in [0.05, 0.1) is 23.0 Å². The molecule has 0 heterocycles. The summed E-state index contributed by atoms with van der Waals surface area (Å²) in [6.45, 7) is 16.2. The summed E-state index contributed by atoms with van der Waals surface area (Å²) < 4.78 is 0. The molecule has 110 valence electrons. The van der Waals surface area contributed by atoms with Crippen LogP contribution in [0.5, 0.6) is 0 Å². The highest BCUT2D eigenvalue weighted by atomic mass is 14.4. The Morgan fingerprint density at radius 1 is 0.550 bits per heavy atom. The van der Waals surface area contributed by atoms with Gasteiger partial charge in [0.25, 0.3) is 0 Å². The fourth-order valence-corrected chi connectivity index (χ4v) is 1.34. The molecule has 0 unspecified atom stereocenters. The molecule has 0 saturated heterocycles. The molecule has 2 nitrogen and oxygen atoms in total. The van der Waals surface area contributed by atoms with Crippen LogP contribution in [0.4, 0.5) is 0 Å². The van der Waals surface area contributed by atoms with Crippen molar-refractivity contribution in [2.45, 2.75) is 55.4 Å². The molecule has 0 radical (unpaired) electrons.